The zero-order chi connectivity index (χ0) is 32.9. The summed E-state index contributed by atoms with van der Waals surface area (Å²) in [6.45, 7) is 2.58. The topological polar surface area (TPSA) is 183 Å². The van der Waals surface area contributed by atoms with Crippen molar-refractivity contribution in [3.8, 4) is 0 Å². The van der Waals surface area contributed by atoms with Gasteiger partial charge in [-0.05, 0) is 75.5 Å². The summed E-state index contributed by atoms with van der Waals surface area (Å²) in [4.78, 5) is 41.4. The van der Waals surface area contributed by atoms with E-state index in [1.165, 1.54) is 0 Å². The second-order valence-electron chi connectivity index (χ2n) is 15.2. The van der Waals surface area contributed by atoms with Gasteiger partial charge in [0.2, 0.25) is 11.7 Å². The predicted octanol–water partition coefficient (Wildman–Crippen LogP) is 1.67. The molecule has 3 unspecified atom stereocenters. The minimum atomic E-state index is -2.28. The number of hydrogen-bond donors (Lipinski definition) is 6. The molecule has 4 saturated carbocycles. The Morgan fingerprint density at radius 1 is 0.935 bits per heavy atom. The summed E-state index contributed by atoms with van der Waals surface area (Å²) >= 11 is -2.28. The van der Waals surface area contributed by atoms with Crippen LogP contribution in [-0.4, -0.2) is 96.1 Å². The molecule has 0 spiro atoms. The number of carbonyl (C=O) groups is 3. The van der Waals surface area contributed by atoms with Gasteiger partial charge in [-0.1, -0.05) is 69.4 Å². The van der Waals surface area contributed by atoms with Crippen molar-refractivity contribution < 1.29 is 33.4 Å². The molecule has 5 rings (SSSR count). The lowest BCUT2D eigenvalue weighted by Gasteiger charge is -2.48. The van der Waals surface area contributed by atoms with E-state index in [9.17, 15) is 33.4 Å². The van der Waals surface area contributed by atoms with Gasteiger partial charge in [-0.2, -0.15) is 0 Å². The fourth-order valence-electron chi connectivity index (χ4n) is 8.17. The van der Waals surface area contributed by atoms with Crippen molar-refractivity contribution in [3.63, 3.8) is 0 Å². The van der Waals surface area contributed by atoms with Crippen LogP contribution < -0.4 is 21.3 Å². The minimum Gasteiger partial charge on any atom is -0.772 e. The molecule has 0 aromatic rings. The first-order valence-electron chi connectivity index (χ1n) is 17.9. The van der Waals surface area contributed by atoms with Crippen LogP contribution in [-0.2, 0) is 25.5 Å². The van der Waals surface area contributed by atoms with Crippen LogP contribution in [0.2, 0.25) is 0 Å². The van der Waals surface area contributed by atoms with Crippen molar-refractivity contribution in [3.05, 3.63) is 0 Å². The third-order valence-electron chi connectivity index (χ3n) is 11.3. The zero-order valence-corrected chi connectivity index (χ0v) is 28.3. The van der Waals surface area contributed by atoms with Crippen LogP contribution in [0, 0.1) is 11.3 Å². The van der Waals surface area contributed by atoms with E-state index in [1.807, 2.05) is 0 Å². The fraction of sp³-hybridized carbons (Fsp3) is 0.909. The standard InChI is InChI=1S/C33H57N5O7S/c1-32(16-4-2-5-17-32)27(36-31(43)37-33(21-46(44)45)18-6-3-7-19-33)30(42)38-20-8-9-25(38)28(40)35-24(15-12-22-10-11-22)26(39)29(41)34-23-13-14-23/h22-25,27,30-31,36-37,42-43H,2-21H2,1H3,(H,34,41)(H,35,40)(H,44,45)/p-1/t24-,25-,27+,30?,31?/m0/s1. The van der Waals surface area contributed by atoms with E-state index in [0.717, 1.165) is 83.5 Å². The van der Waals surface area contributed by atoms with Crippen molar-refractivity contribution in [2.45, 2.75) is 165 Å². The smallest absolute Gasteiger partial charge is 0.289 e. The van der Waals surface area contributed by atoms with Gasteiger partial charge >= 0.3 is 0 Å². The molecule has 5 aliphatic rings. The van der Waals surface area contributed by atoms with Gasteiger partial charge in [-0.25, -0.2) is 0 Å². The van der Waals surface area contributed by atoms with E-state index in [1.54, 1.807) is 4.90 Å². The summed E-state index contributed by atoms with van der Waals surface area (Å²) in [7, 11) is 0. The number of amides is 2. The molecule has 13 heteroatoms. The Morgan fingerprint density at radius 2 is 1.59 bits per heavy atom. The molecule has 1 saturated heterocycles. The number of aliphatic hydroxyl groups excluding tert-OH is 2. The van der Waals surface area contributed by atoms with E-state index in [-0.39, 0.29) is 23.1 Å². The lowest BCUT2D eigenvalue weighted by molar-refractivity contribution is -0.142. The normalized spacial score (nSPS) is 28.0. The Hall–Kier alpha value is -1.48. The molecule has 1 aliphatic heterocycles. The monoisotopic (exact) mass is 666 g/mol. The molecule has 2 amide bonds. The molecule has 0 radical (unpaired) electrons. The maximum Gasteiger partial charge on any atom is 0.289 e. The summed E-state index contributed by atoms with van der Waals surface area (Å²) < 4.78 is 23.5. The maximum absolute atomic E-state index is 13.8. The SMILES string of the molecule is CC1([C@H](NC(O)NC2(CS(=O)[O-])CCCCC2)C(O)N2CCC[C@H]2C(=O)N[C@@H](CCC2CC2)C(=O)C(=O)NC2CC2)CCCCC1. The molecule has 0 bridgehead atoms. The summed E-state index contributed by atoms with van der Waals surface area (Å²) in [5.74, 6) is -1.17. The Kier molecular flexibility index (Phi) is 12.3. The number of rotatable bonds is 17. The second-order valence-corrected chi connectivity index (χ2v) is 16.1. The van der Waals surface area contributed by atoms with Crippen LogP contribution in [0.3, 0.4) is 0 Å². The number of likely N-dealkylation sites (tertiary alicyclic amines) is 1. The lowest BCUT2D eigenvalue weighted by atomic mass is 9.69. The second kappa shape index (κ2) is 15.8. The molecular formula is C33H56N5O7S-. The van der Waals surface area contributed by atoms with E-state index in [2.05, 4.69) is 28.2 Å². The van der Waals surface area contributed by atoms with Crippen LogP contribution in [0.25, 0.3) is 0 Å². The molecular weight excluding hydrogens is 610 g/mol. The first-order chi connectivity index (χ1) is 22.0. The Bertz CT molecular complexity index is 1090. The first-order valence-corrected chi connectivity index (χ1v) is 19.1. The van der Waals surface area contributed by atoms with Gasteiger partial charge in [-0.3, -0.25) is 34.1 Å². The number of aliphatic hydroxyl groups is 2. The first kappa shape index (κ1) is 35.8. The lowest BCUT2D eigenvalue weighted by Crippen LogP contribution is -2.67. The molecule has 0 aromatic heterocycles. The highest BCUT2D eigenvalue weighted by Crippen LogP contribution is 2.42. The Labute approximate surface area is 276 Å². The molecule has 6 N–H and O–H groups in total. The van der Waals surface area contributed by atoms with E-state index in [0.29, 0.717) is 44.6 Å². The largest absolute Gasteiger partial charge is 0.772 e. The van der Waals surface area contributed by atoms with Gasteiger partial charge in [0.15, 0.2) is 6.35 Å². The van der Waals surface area contributed by atoms with Crippen molar-refractivity contribution in [1.82, 2.24) is 26.2 Å². The summed E-state index contributed by atoms with van der Waals surface area (Å²) in [5, 5.41) is 35.5. The number of hydrogen-bond acceptors (Lipinski definition) is 10. The van der Waals surface area contributed by atoms with Crippen LogP contribution in [0.4, 0.5) is 0 Å². The third-order valence-corrected chi connectivity index (χ3v) is 12.1. The molecule has 262 valence electrons. The number of nitrogens with one attached hydrogen (secondary N) is 4. The molecule has 1 heterocycles. The molecule has 0 aromatic carbocycles. The number of ketones is 1. The highest BCUT2D eigenvalue weighted by atomic mass is 32.2. The predicted molar refractivity (Wildman–Crippen MR) is 173 cm³/mol. The zero-order valence-electron chi connectivity index (χ0n) is 27.5. The highest BCUT2D eigenvalue weighted by molar-refractivity contribution is 7.79. The van der Waals surface area contributed by atoms with Gasteiger partial charge < -0.3 is 25.4 Å². The van der Waals surface area contributed by atoms with E-state index < -0.39 is 59.0 Å². The fourth-order valence-corrected chi connectivity index (χ4v) is 8.99. The molecule has 4 aliphatic carbocycles. The highest BCUT2D eigenvalue weighted by Gasteiger charge is 2.47. The van der Waals surface area contributed by atoms with Crippen molar-refractivity contribution in [2.75, 3.05) is 12.3 Å². The molecule has 12 nitrogen and oxygen atoms in total. The third kappa shape index (κ3) is 9.57. The summed E-state index contributed by atoms with van der Waals surface area (Å²) in [6, 6.07) is -2.16. The van der Waals surface area contributed by atoms with Crippen LogP contribution in [0.15, 0.2) is 0 Å². The number of nitrogens with zero attached hydrogens (tertiary/aromatic N) is 1. The molecule has 46 heavy (non-hydrogen) atoms. The average Bonchev–Trinajstić information content (AvgIpc) is 3.96. The average molecular weight is 667 g/mol. The van der Waals surface area contributed by atoms with E-state index >= 15 is 0 Å². The Morgan fingerprint density at radius 3 is 2.20 bits per heavy atom. The summed E-state index contributed by atoms with van der Waals surface area (Å²) in [6.07, 6.45) is 12.7. The van der Waals surface area contributed by atoms with Crippen LogP contribution in [0.5, 0.6) is 0 Å². The van der Waals surface area contributed by atoms with Crippen LogP contribution in [0.1, 0.15) is 122 Å². The van der Waals surface area contributed by atoms with Gasteiger partial charge in [0, 0.05) is 23.9 Å². The van der Waals surface area contributed by atoms with Crippen molar-refractivity contribution in [2.24, 2.45) is 11.3 Å². The van der Waals surface area contributed by atoms with Crippen molar-refractivity contribution >= 4 is 28.7 Å². The van der Waals surface area contributed by atoms with Gasteiger partial charge in [0.1, 0.15) is 6.23 Å². The summed E-state index contributed by atoms with van der Waals surface area (Å²) in [5.41, 5.74) is -1.13. The van der Waals surface area contributed by atoms with Gasteiger partial charge in [0.25, 0.3) is 5.91 Å². The maximum atomic E-state index is 13.8. The quantitative estimate of drug-likeness (QED) is 0.0759. The van der Waals surface area contributed by atoms with E-state index in [4.69, 9.17) is 0 Å². The van der Waals surface area contributed by atoms with Crippen molar-refractivity contribution in [1.29, 1.82) is 0 Å². The Balaban J connectivity index is 1.29. The molecule has 5 fully saturated rings. The number of carbonyl (C=O) groups excluding carboxylic acids is 3. The van der Waals surface area contributed by atoms with Crippen LogP contribution >= 0.6 is 0 Å². The molecule has 6 atom stereocenters. The van der Waals surface area contributed by atoms with Gasteiger partial charge in [-0.15, -0.1) is 0 Å². The minimum absolute atomic E-state index is 0.0441. The number of Topliss-reactive ketones (excluding diaryl/α,β-unsaturated/α-hetero) is 1. The van der Waals surface area contributed by atoms with Gasteiger partial charge in [0.05, 0.1) is 18.1 Å².